The summed E-state index contributed by atoms with van der Waals surface area (Å²) in [6.07, 6.45) is 2.75. The number of nitrogens with one attached hydrogen (secondary N) is 1. The number of ether oxygens (including phenoxy) is 2. The van der Waals surface area contributed by atoms with Crippen molar-refractivity contribution in [2.45, 2.75) is 26.3 Å². The van der Waals surface area contributed by atoms with Crippen molar-refractivity contribution in [2.24, 2.45) is 11.8 Å². The van der Waals surface area contributed by atoms with E-state index in [1.54, 1.807) is 6.07 Å². The van der Waals surface area contributed by atoms with Crippen LogP contribution in [-0.2, 0) is 6.54 Å². The Hall–Kier alpha value is -1.42. The van der Waals surface area contributed by atoms with Gasteiger partial charge in [-0.2, -0.15) is 0 Å². The minimum atomic E-state index is 0.240. The highest BCUT2D eigenvalue weighted by atomic mass is 16.7. The highest BCUT2D eigenvalue weighted by Crippen LogP contribution is 2.38. The third-order valence-corrected chi connectivity index (χ3v) is 3.78. The minimum absolute atomic E-state index is 0.240. The standard InChI is InChI=1S/C14H19NO3/c1-9(10-2-3-10)6-15-7-11-4-13-14(5-12(11)16)18-8-17-13/h4-5,9-10,15-16H,2-3,6-8H2,1H3. The van der Waals surface area contributed by atoms with E-state index in [1.165, 1.54) is 12.8 Å². The van der Waals surface area contributed by atoms with E-state index in [0.29, 0.717) is 12.3 Å². The Bertz CT molecular complexity index is 443. The molecule has 1 fully saturated rings. The molecule has 4 heteroatoms. The number of hydrogen-bond donors (Lipinski definition) is 2. The molecule has 1 aliphatic carbocycles. The number of fused-ring (bicyclic) bond motifs is 1. The highest BCUT2D eigenvalue weighted by molar-refractivity contribution is 5.51. The molecule has 0 amide bonds. The molecule has 1 atom stereocenters. The molecule has 1 saturated carbocycles. The van der Waals surface area contributed by atoms with E-state index in [1.807, 2.05) is 6.07 Å². The molecule has 2 aliphatic rings. The van der Waals surface area contributed by atoms with Crippen molar-refractivity contribution in [1.82, 2.24) is 5.32 Å². The molecule has 1 heterocycles. The molecular weight excluding hydrogens is 230 g/mol. The smallest absolute Gasteiger partial charge is 0.231 e. The van der Waals surface area contributed by atoms with E-state index in [9.17, 15) is 5.11 Å². The quantitative estimate of drug-likeness (QED) is 0.840. The van der Waals surface area contributed by atoms with Crippen molar-refractivity contribution in [3.63, 3.8) is 0 Å². The topological polar surface area (TPSA) is 50.7 Å². The Balaban J connectivity index is 1.58. The molecule has 1 aliphatic heterocycles. The van der Waals surface area contributed by atoms with Gasteiger partial charge in [0.1, 0.15) is 5.75 Å². The Labute approximate surface area is 107 Å². The largest absolute Gasteiger partial charge is 0.507 e. The minimum Gasteiger partial charge on any atom is -0.507 e. The molecule has 1 unspecified atom stereocenters. The van der Waals surface area contributed by atoms with Gasteiger partial charge in [-0.15, -0.1) is 0 Å². The first-order valence-corrected chi connectivity index (χ1v) is 6.56. The summed E-state index contributed by atoms with van der Waals surface area (Å²) in [5.74, 6) is 3.25. The molecule has 4 nitrogen and oxygen atoms in total. The van der Waals surface area contributed by atoms with E-state index < -0.39 is 0 Å². The number of phenols is 1. The summed E-state index contributed by atoms with van der Waals surface area (Å²) in [5.41, 5.74) is 0.863. The molecule has 0 bridgehead atoms. The van der Waals surface area contributed by atoms with Gasteiger partial charge in [0.2, 0.25) is 6.79 Å². The molecule has 1 aromatic carbocycles. The number of rotatable bonds is 5. The van der Waals surface area contributed by atoms with E-state index in [2.05, 4.69) is 12.2 Å². The summed E-state index contributed by atoms with van der Waals surface area (Å²) in [4.78, 5) is 0. The first kappa shape index (κ1) is 11.7. The summed E-state index contributed by atoms with van der Waals surface area (Å²) < 4.78 is 10.5. The van der Waals surface area contributed by atoms with Crippen LogP contribution in [0.4, 0.5) is 0 Å². The van der Waals surface area contributed by atoms with Crippen molar-refractivity contribution in [2.75, 3.05) is 13.3 Å². The fourth-order valence-electron chi connectivity index (χ4n) is 2.38. The number of phenolic OH excluding ortho intramolecular Hbond substituents is 1. The van der Waals surface area contributed by atoms with Crippen molar-refractivity contribution in [3.8, 4) is 17.2 Å². The van der Waals surface area contributed by atoms with Gasteiger partial charge in [-0.25, -0.2) is 0 Å². The first-order chi connectivity index (χ1) is 8.74. The van der Waals surface area contributed by atoms with E-state index in [0.717, 1.165) is 29.7 Å². The molecule has 1 aromatic rings. The highest BCUT2D eigenvalue weighted by Gasteiger charge is 2.27. The first-order valence-electron chi connectivity index (χ1n) is 6.56. The molecule has 2 N–H and O–H groups in total. The van der Waals surface area contributed by atoms with Crippen LogP contribution >= 0.6 is 0 Å². The van der Waals surface area contributed by atoms with Gasteiger partial charge in [0, 0.05) is 18.2 Å². The zero-order valence-electron chi connectivity index (χ0n) is 10.6. The third kappa shape index (κ3) is 2.38. The molecule has 3 rings (SSSR count). The lowest BCUT2D eigenvalue weighted by atomic mass is 10.1. The SMILES string of the molecule is CC(CNCc1cc2c(cc1O)OCO2)C1CC1. The second-order valence-electron chi connectivity index (χ2n) is 5.28. The number of benzene rings is 1. The maximum atomic E-state index is 9.89. The molecular formula is C14H19NO3. The molecule has 0 radical (unpaired) electrons. The van der Waals surface area contributed by atoms with Gasteiger partial charge in [0.25, 0.3) is 0 Å². The van der Waals surface area contributed by atoms with Crippen LogP contribution < -0.4 is 14.8 Å². The van der Waals surface area contributed by atoms with Gasteiger partial charge < -0.3 is 19.9 Å². The molecule has 0 aromatic heterocycles. The lowest BCUT2D eigenvalue weighted by molar-refractivity contribution is 0.174. The fourth-order valence-corrected chi connectivity index (χ4v) is 2.38. The fraction of sp³-hybridized carbons (Fsp3) is 0.571. The van der Waals surface area contributed by atoms with Crippen molar-refractivity contribution in [3.05, 3.63) is 17.7 Å². The maximum Gasteiger partial charge on any atom is 0.231 e. The van der Waals surface area contributed by atoms with Crippen LogP contribution in [0.5, 0.6) is 17.2 Å². The van der Waals surface area contributed by atoms with Gasteiger partial charge in [-0.05, 0) is 37.3 Å². The van der Waals surface area contributed by atoms with Crippen molar-refractivity contribution < 1.29 is 14.6 Å². The molecule has 98 valence electrons. The van der Waals surface area contributed by atoms with Crippen LogP contribution in [-0.4, -0.2) is 18.4 Å². The van der Waals surface area contributed by atoms with E-state index >= 15 is 0 Å². The van der Waals surface area contributed by atoms with Crippen LogP contribution in [0.2, 0.25) is 0 Å². The van der Waals surface area contributed by atoms with Gasteiger partial charge >= 0.3 is 0 Å². The molecule has 0 spiro atoms. The second-order valence-corrected chi connectivity index (χ2v) is 5.28. The molecule has 18 heavy (non-hydrogen) atoms. The normalized spacial score (nSPS) is 18.9. The van der Waals surface area contributed by atoms with Crippen LogP contribution in [0.3, 0.4) is 0 Å². The van der Waals surface area contributed by atoms with Crippen LogP contribution in [0.1, 0.15) is 25.3 Å². The summed E-state index contributed by atoms with van der Waals surface area (Å²) in [6, 6.07) is 3.48. The van der Waals surface area contributed by atoms with Crippen molar-refractivity contribution >= 4 is 0 Å². The number of hydrogen-bond acceptors (Lipinski definition) is 4. The van der Waals surface area contributed by atoms with Gasteiger partial charge in [0.15, 0.2) is 11.5 Å². The average molecular weight is 249 g/mol. The predicted molar refractivity (Wildman–Crippen MR) is 67.8 cm³/mol. The lowest BCUT2D eigenvalue weighted by Gasteiger charge is -2.12. The predicted octanol–water partition coefficient (Wildman–Crippen LogP) is 2.26. The Morgan fingerprint density at radius 3 is 2.78 bits per heavy atom. The van der Waals surface area contributed by atoms with E-state index in [-0.39, 0.29) is 12.5 Å². The number of aromatic hydroxyl groups is 1. The van der Waals surface area contributed by atoms with Crippen molar-refractivity contribution in [1.29, 1.82) is 0 Å². The zero-order chi connectivity index (χ0) is 12.5. The average Bonchev–Trinajstić information content (AvgIpc) is 3.10. The molecule has 0 saturated heterocycles. The maximum absolute atomic E-state index is 9.89. The Kier molecular flexibility index (Phi) is 3.04. The monoisotopic (exact) mass is 249 g/mol. The lowest BCUT2D eigenvalue weighted by Crippen LogP contribution is -2.21. The Morgan fingerprint density at radius 2 is 2.06 bits per heavy atom. The van der Waals surface area contributed by atoms with Gasteiger partial charge in [0.05, 0.1) is 0 Å². The van der Waals surface area contributed by atoms with Gasteiger partial charge in [-0.3, -0.25) is 0 Å². The van der Waals surface area contributed by atoms with Crippen LogP contribution in [0, 0.1) is 11.8 Å². The zero-order valence-corrected chi connectivity index (χ0v) is 10.6. The summed E-state index contributed by atoms with van der Waals surface area (Å²) in [6.45, 7) is 4.19. The summed E-state index contributed by atoms with van der Waals surface area (Å²) in [5, 5.41) is 13.3. The van der Waals surface area contributed by atoms with E-state index in [4.69, 9.17) is 9.47 Å². The van der Waals surface area contributed by atoms with Crippen LogP contribution in [0.25, 0.3) is 0 Å². The Morgan fingerprint density at radius 1 is 1.33 bits per heavy atom. The van der Waals surface area contributed by atoms with Crippen LogP contribution in [0.15, 0.2) is 12.1 Å². The van der Waals surface area contributed by atoms with Gasteiger partial charge in [-0.1, -0.05) is 6.92 Å². The summed E-state index contributed by atoms with van der Waals surface area (Å²) in [7, 11) is 0. The second kappa shape index (κ2) is 4.69. The summed E-state index contributed by atoms with van der Waals surface area (Å²) >= 11 is 0. The third-order valence-electron chi connectivity index (χ3n) is 3.78.